The number of rotatable bonds is 4. The fraction of sp³-hybridized carbons (Fsp3) is 0.900. The molecule has 1 aliphatic rings. The van der Waals surface area contributed by atoms with Gasteiger partial charge in [-0.1, -0.05) is 0 Å². The molecule has 0 bridgehead atoms. The van der Waals surface area contributed by atoms with Crippen molar-refractivity contribution >= 4 is 17.7 Å². The Balaban J connectivity index is 2.53. The lowest BCUT2D eigenvalue weighted by Crippen LogP contribution is -2.41. The van der Waals surface area contributed by atoms with Crippen molar-refractivity contribution in [3.05, 3.63) is 0 Å². The first-order valence-electron chi connectivity index (χ1n) is 5.15. The van der Waals surface area contributed by atoms with Crippen LogP contribution in [0, 0.1) is 0 Å². The van der Waals surface area contributed by atoms with E-state index < -0.39 is 0 Å². The van der Waals surface area contributed by atoms with Crippen molar-refractivity contribution in [1.29, 1.82) is 0 Å². The molecule has 1 fully saturated rings. The number of carbonyl (C=O) groups is 1. The summed E-state index contributed by atoms with van der Waals surface area (Å²) in [4.78, 5) is 13.8. The summed E-state index contributed by atoms with van der Waals surface area (Å²) in [6, 6.07) is 0.337. The molecule has 0 saturated carbocycles. The molecule has 1 heterocycles. The highest BCUT2D eigenvalue weighted by atomic mass is 32.2. The van der Waals surface area contributed by atoms with Crippen molar-refractivity contribution in [3.63, 3.8) is 0 Å². The molecule has 14 heavy (non-hydrogen) atoms. The number of nitrogens with zero attached hydrogens (tertiary/aromatic N) is 1. The minimum Gasteiger partial charge on any atom is -0.323 e. The molecule has 0 radical (unpaired) electrons. The maximum Gasteiger partial charge on any atom is 0.240 e. The fourth-order valence-electron chi connectivity index (χ4n) is 1.95. The standard InChI is InChI=1S/C10H20N2OS/c1-7(5-6-14-4)12-9(3)11-8(2)10(12)13/h7-9,11H,5-6H2,1-4H3. The van der Waals surface area contributed by atoms with Gasteiger partial charge in [-0.3, -0.25) is 10.1 Å². The van der Waals surface area contributed by atoms with Crippen molar-refractivity contribution < 1.29 is 4.79 Å². The fourth-order valence-corrected chi connectivity index (χ4v) is 2.53. The van der Waals surface area contributed by atoms with Gasteiger partial charge >= 0.3 is 0 Å². The van der Waals surface area contributed by atoms with Crippen molar-refractivity contribution in [1.82, 2.24) is 10.2 Å². The van der Waals surface area contributed by atoms with Gasteiger partial charge in [0.2, 0.25) is 5.91 Å². The van der Waals surface area contributed by atoms with Crippen LogP contribution in [0.25, 0.3) is 0 Å². The van der Waals surface area contributed by atoms with E-state index >= 15 is 0 Å². The summed E-state index contributed by atoms with van der Waals surface area (Å²) >= 11 is 1.83. The summed E-state index contributed by atoms with van der Waals surface area (Å²) in [5.74, 6) is 1.36. The van der Waals surface area contributed by atoms with Crippen LogP contribution in [-0.2, 0) is 4.79 Å². The Hall–Kier alpha value is -0.220. The summed E-state index contributed by atoms with van der Waals surface area (Å²) in [6.45, 7) is 6.11. The SMILES string of the molecule is CSCCC(C)N1C(=O)C(C)NC1C. The number of carbonyl (C=O) groups excluding carboxylic acids is 1. The summed E-state index contributed by atoms with van der Waals surface area (Å²) in [5.41, 5.74) is 0. The lowest BCUT2D eigenvalue weighted by atomic mass is 10.2. The van der Waals surface area contributed by atoms with E-state index in [9.17, 15) is 4.79 Å². The lowest BCUT2D eigenvalue weighted by Gasteiger charge is -2.28. The molecular weight excluding hydrogens is 196 g/mol. The second kappa shape index (κ2) is 5.03. The number of nitrogens with one attached hydrogen (secondary N) is 1. The molecule has 0 aromatic carbocycles. The Morgan fingerprint density at radius 1 is 1.57 bits per heavy atom. The lowest BCUT2D eigenvalue weighted by molar-refractivity contribution is -0.131. The van der Waals surface area contributed by atoms with Gasteiger partial charge < -0.3 is 4.90 Å². The minimum absolute atomic E-state index is 0.0123. The van der Waals surface area contributed by atoms with Gasteiger partial charge in [0.25, 0.3) is 0 Å². The summed E-state index contributed by atoms with van der Waals surface area (Å²) in [6.07, 6.45) is 3.36. The molecule has 4 heteroatoms. The van der Waals surface area contributed by atoms with Crippen LogP contribution in [0.4, 0.5) is 0 Å². The van der Waals surface area contributed by atoms with Crippen LogP contribution >= 0.6 is 11.8 Å². The number of thioether (sulfide) groups is 1. The number of hydrogen-bond acceptors (Lipinski definition) is 3. The van der Waals surface area contributed by atoms with Crippen LogP contribution < -0.4 is 5.32 Å². The molecule has 3 atom stereocenters. The average molecular weight is 216 g/mol. The topological polar surface area (TPSA) is 32.3 Å². The molecule has 82 valence electrons. The van der Waals surface area contributed by atoms with Crippen molar-refractivity contribution in [2.24, 2.45) is 0 Å². The first-order valence-corrected chi connectivity index (χ1v) is 6.54. The van der Waals surface area contributed by atoms with Gasteiger partial charge in [-0.15, -0.1) is 0 Å². The predicted molar refractivity (Wildman–Crippen MR) is 61.4 cm³/mol. The number of amides is 1. The zero-order chi connectivity index (χ0) is 10.7. The molecule has 1 amide bonds. The Labute approximate surface area is 90.6 Å². The van der Waals surface area contributed by atoms with E-state index in [1.807, 2.05) is 23.6 Å². The molecule has 1 saturated heterocycles. The van der Waals surface area contributed by atoms with Gasteiger partial charge in [-0.05, 0) is 39.2 Å². The quantitative estimate of drug-likeness (QED) is 0.768. The Bertz CT molecular complexity index is 210. The van der Waals surface area contributed by atoms with E-state index in [4.69, 9.17) is 0 Å². The zero-order valence-electron chi connectivity index (χ0n) is 9.41. The minimum atomic E-state index is -0.0123. The Kier molecular flexibility index (Phi) is 4.26. The highest BCUT2D eigenvalue weighted by Gasteiger charge is 2.35. The molecule has 0 aliphatic carbocycles. The second-order valence-corrected chi connectivity index (χ2v) is 4.93. The van der Waals surface area contributed by atoms with Crippen LogP contribution in [0.5, 0.6) is 0 Å². The maximum absolute atomic E-state index is 11.8. The van der Waals surface area contributed by atoms with Crippen LogP contribution in [0.2, 0.25) is 0 Å². The van der Waals surface area contributed by atoms with E-state index in [0.29, 0.717) is 6.04 Å². The molecule has 0 spiro atoms. The Morgan fingerprint density at radius 2 is 2.21 bits per heavy atom. The molecule has 1 N–H and O–H groups in total. The molecule has 3 nitrogen and oxygen atoms in total. The van der Waals surface area contributed by atoms with E-state index in [1.54, 1.807) is 0 Å². The van der Waals surface area contributed by atoms with Crippen molar-refractivity contribution in [3.8, 4) is 0 Å². The molecular formula is C10H20N2OS. The monoisotopic (exact) mass is 216 g/mol. The normalized spacial score (nSPS) is 29.7. The Morgan fingerprint density at radius 3 is 2.64 bits per heavy atom. The summed E-state index contributed by atoms with van der Waals surface area (Å²) in [5, 5.41) is 3.24. The molecule has 0 aromatic heterocycles. The van der Waals surface area contributed by atoms with Gasteiger partial charge in [0.1, 0.15) is 0 Å². The first-order chi connectivity index (χ1) is 6.57. The molecule has 3 unspecified atom stereocenters. The van der Waals surface area contributed by atoms with Crippen molar-refractivity contribution in [2.45, 2.75) is 45.4 Å². The highest BCUT2D eigenvalue weighted by molar-refractivity contribution is 7.98. The second-order valence-electron chi connectivity index (χ2n) is 3.94. The van der Waals surface area contributed by atoms with Gasteiger partial charge in [0.15, 0.2) is 0 Å². The van der Waals surface area contributed by atoms with E-state index in [-0.39, 0.29) is 18.1 Å². The van der Waals surface area contributed by atoms with Gasteiger partial charge in [0, 0.05) is 6.04 Å². The van der Waals surface area contributed by atoms with E-state index in [2.05, 4.69) is 25.4 Å². The largest absolute Gasteiger partial charge is 0.323 e. The van der Waals surface area contributed by atoms with E-state index in [0.717, 1.165) is 12.2 Å². The van der Waals surface area contributed by atoms with Crippen molar-refractivity contribution in [2.75, 3.05) is 12.0 Å². The van der Waals surface area contributed by atoms with Crippen LogP contribution in [0.15, 0.2) is 0 Å². The third kappa shape index (κ3) is 2.42. The van der Waals surface area contributed by atoms with Crippen LogP contribution in [0.3, 0.4) is 0 Å². The third-order valence-electron chi connectivity index (χ3n) is 2.75. The molecule has 1 rings (SSSR count). The third-order valence-corrected chi connectivity index (χ3v) is 3.39. The maximum atomic E-state index is 11.8. The average Bonchev–Trinajstić information content (AvgIpc) is 2.38. The first kappa shape index (κ1) is 11.9. The van der Waals surface area contributed by atoms with Gasteiger partial charge in [0.05, 0.1) is 12.2 Å². The number of hydrogen-bond donors (Lipinski definition) is 1. The van der Waals surface area contributed by atoms with Crippen LogP contribution in [0.1, 0.15) is 27.2 Å². The predicted octanol–water partition coefficient (Wildman–Crippen LogP) is 1.29. The molecule has 0 aromatic rings. The van der Waals surface area contributed by atoms with E-state index in [1.165, 1.54) is 0 Å². The summed E-state index contributed by atoms with van der Waals surface area (Å²) < 4.78 is 0. The van der Waals surface area contributed by atoms with Gasteiger partial charge in [-0.25, -0.2) is 0 Å². The van der Waals surface area contributed by atoms with Gasteiger partial charge in [-0.2, -0.15) is 11.8 Å². The molecule has 1 aliphatic heterocycles. The summed E-state index contributed by atoms with van der Waals surface area (Å²) in [7, 11) is 0. The smallest absolute Gasteiger partial charge is 0.240 e. The zero-order valence-corrected chi connectivity index (χ0v) is 10.2. The van der Waals surface area contributed by atoms with Crippen LogP contribution in [-0.4, -0.2) is 41.1 Å². The highest BCUT2D eigenvalue weighted by Crippen LogP contribution is 2.17.